The average molecular weight is 313 g/mol. The van der Waals surface area contributed by atoms with Gasteiger partial charge in [0.05, 0.1) is 12.8 Å². The highest BCUT2D eigenvalue weighted by atomic mass is 16.5. The van der Waals surface area contributed by atoms with Gasteiger partial charge in [-0.15, -0.1) is 10.2 Å². The second-order valence-electron chi connectivity index (χ2n) is 4.69. The van der Waals surface area contributed by atoms with Crippen LogP contribution in [0.1, 0.15) is 11.6 Å². The Morgan fingerprint density at radius 3 is 2.87 bits per heavy atom. The van der Waals surface area contributed by atoms with Crippen LogP contribution in [0.5, 0.6) is 5.75 Å². The van der Waals surface area contributed by atoms with Crippen LogP contribution in [0.15, 0.2) is 53.1 Å². The molecule has 0 unspecified atom stereocenters. The number of para-hydroxylation sites is 1. The molecule has 8 nitrogen and oxygen atoms in total. The Hall–Kier alpha value is -3.16. The van der Waals surface area contributed by atoms with Crippen LogP contribution >= 0.6 is 0 Å². The summed E-state index contributed by atoms with van der Waals surface area (Å²) >= 11 is 0. The van der Waals surface area contributed by atoms with E-state index in [0.717, 1.165) is 5.75 Å². The number of nitrogens with one attached hydrogen (secondary N) is 1. The number of amides is 1. The van der Waals surface area contributed by atoms with Gasteiger partial charge in [-0.25, -0.2) is 0 Å². The average Bonchev–Trinajstić information content (AvgIpc) is 3.24. The number of ether oxygens (including phenoxy) is 1. The zero-order chi connectivity index (χ0) is 15.9. The van der Waals surface area contributed by atoms with Crippen LogP contribution in [0.2, 0.25) is 0 Å². The molecule has 2 heterocycles. The molecule has 0 aliphatic carbocycles. The lowest BCUT2D eigenvalue weighted by molar-refractivity contribution is -0.122. The molecule has 0 aliphatic rings. The summed E-state index contributed by atoms with van der Waals surface area (Å²) in [7, 11) is 0. The van der Waals surface area contributed by atoms with Crippen LogP contribution in [0, 0.1) is 0 Å². The summed E-state index contributed by atoms with van der Waals surface area (Å²) in [6.07, 6.45) is 1.56. The largest absolute Gasteiger partial charge is 0.485 e. The molecule has 0 bridgehead atoms. The van der Waals surface area contributed by atoms with Crippen molar-refractivity contribution in [3.8, 4) is 5.75 Å². The van der Waals surface area contributed by atoms with Crippen molar-refractivity contribution in [1.29, 1.82) is 0 Å². The summed E-state index contributed by atoms with van der Waals surface area (Å²) in [4.78, 5) is 13.0. The number of hydrogen-bond acceptors (Lipinski definition) is 6. The maximum Gasteiger partial charge on any atom is 0.244 e. The van der Waals surface area contributed by atoms with E-state index in [0.29, 0.717) is 18.1 Å². The Bertz CT molecular complexity index is 740. The quantitative estimate of drug-likeness (QED) is 0.703. The second kappa shape index (κ2) is 7.21. The number of tetrazole rings is 1. The molecule has 1 N–H and O–H groups in total. The summed E-state index contributed by atoms with van der Waals surface area (Å²) in [6, 6.07) is 12.9. The molecule has 0 spiro atoms. The molecule has 0 saturated heterocycles. The van der Waals surface area contributed by atoms with E-state index in [9.17, 15) is 4.79 Å². The normalized spacial score (nSPS) is 10.4. The first-order chi connectivity index (χ1) is 11.3. The first-order valence-electron chi connectivity index (χ1n) is 7.03. The molecule has 1 aromatic carbocycles. The molecule has 0 aliphatic heterocycles. The summed E-state index contributed by atoms with van der Waals surface area (Å²) < 4.78 is 10.6. The molecule has 0 fully saturated rings. The van der Waals surface area contributed by atoms with Gasteiger partial charge in [0.15, 0.2) is 6.61 Å². The van der Waals surface area contributed by atoms with Gasteiger partial charge in [0.1, 0.15) is 18.1 Å². The zero-order valence-electron chi connectivity index (χ0n) is 12.3. The number of carbonyl (C=O) groups is 1. The molecule has 1 amide bonds. The molecule has 2 aromatic heterocycles. The summed E-state index contributed by atoms with van der Waals surface area (Å²) in [5.74, 6) is 1.59. The number of carbonyl (C=O) groups excluding carboxylic acids is 1. The number of rotatable bonds is 7. The van der Waals surface area contributed by atoms with Crippen LogP contribution in [-0.2, 0) is 24.5 Å². The van der Waals surface area contributed by atoms with E-state index >= 15 is 0 Å². The maximum atomic E-state index is 11.8. The maximum absolute atomic E-state index is 11.8. The molecule has 3 rings (SSSR count). The third kappa shape index (κ3) is 4.40. The highest BCUT2D eigenvalue weighted by Gasteiger charge is 2.08. The molecular weight excluding hydrogens is 298 g/mol. The van der Waals surface area contributed by atoms with Crippen molar-refractivity contribution < 1.29 is 13.9 Å². The number of hydrogen-bond donors (Lipinski definition) is 1. The third-order valence-electron chi connectivity index (χ3n) is 2.93. The van der Waals surface area contributed by atoms with Gasteiger partial charge in [-0.05, 0) is 29.5 Å². The van der Waals surface area contributed by atoms with Crippen molar-refractivity contribution in [2.75, 3.05) is 0 Å². The van der Waals surface area contributed by atoms with Gasteiger partial charge in [-0.3, -0.25) is 4.79 Å². The van der Waals surface area contributed by atoms with E-state index in [1.165, 1.54) is 4.80 Å². The molecule has 8 heteroatoms. The van der Waals surface area contributed by atoms with Crippen LogP contribution in [0.4, 0.5) is 0 Å². The monoisotopic (exact) mass is 313 g/mol. The molecule has 0 atom stereocenters. The van der Waals surface area contributed by atoms with Gasteiger partial charge < -0.3 is 14.5 Å². The molecule has 0 radical (unpaired) electrons. The molecular formula is C15H15N5O3. The van der Waals surface area contributed by atoms with E-state index in [2.05, 4.69) is 20.7 Å². The first-order valence-corrected chi connectivity index (χ1v) is 7.03. The fraction of sp³-hybridized carbons (Fsp3) is 0.200. The smallest absolute Gasteiger partial charge is 0.244 e. The number of furan rings is 1. The molecule has 3 aromatic rings. The Kier molecular flexibility index (Phi) is 4.63. The van der Waals surface area contributed by atoms with E-state index in [1.807, 2.05) is 30.3 Å². The zero-order valence-corrected chi connectivity index (χ0v) is 12.3. The van der Waals surface area contributed by atoms with Crippen molar-refractivity contribution in [2.45, 2.75) is 19.7 Å². The van der Waals surface area contributed by atoms with Gasteiger partial charge in [-0.1, -0.05) is 18.2 Å². The second-order valence-corrected chi connectivity index (χ2v) is 4.69. The van der Waals surface area contributed by atoms with Crippen LogP contribution in [-0.4, -0.2) is 26.1 Å². The third-order valence-corrected chi connectivity index (χ3v) is 2.93. The minimum absolute atomic E-state index is 0.0148. The Morgan fingerprint density at radius 1 is 1.22 bits per heavy atom. The van der Waals surface area contributed by atoms with Crippen molar-refractivity contribution in [3.05, 3.63) is 60.3 Å². The number of aromatic nitrogens is 4. The molecule has 0 saturated carbocycles. The number of benzene rings is 1. The molecule has 23 heavy (non-hydrogen) atoms. The van der Waals surface area contributed by atoms with E-state index in [4.69, 9.17) is 9.15 Å². The standard InChI is InChI=1S/C15H15N5O3/c21-15(16-9-13-7-4-8-22-13)10-20-18-14(17-19-20)11-23-12-5-2-1-3-6-12/h1-8H,9-11H2,(H,16,21). The van der Waals surface area contributed by atoms with Crippen molar-refractivity contribution >= 4 is 5.91 Å². The fourth-order valence-corrected chi connectivity index (χ4v) is 1.85. The van der Waals surface area contributed by atoms with Gasteiger partial charge in [0.2, 0.25) is 11.7 Å². The van der Waals surface area contributed by atoms with E-state index < -0.39 is 0 Å². The molecule has 118 valence electrons. The number of nitrogens with zero attached hydrogens (tertiary/aromatic N) is 4. The lowest BCUT2D eigenvalue weighted by Gasteiger charge is -2.02. The van der Waals surface area contributed by atoms with E-state index in [1.54, 1.807) is 18.4 Å². The van der Waals surface area contributed by atoms with Crippen LogP contribution in [0.25, 0.3) is 0 Å². The van der Waals surface area contributed by atoms with Crippen LogP contribution < -0.4 is 10.1 Å². The van der Waals surface area contributed by atoms with Crippen LogP contribution in [0.3, 0.4) is 0 Å². The first kappa shape index (κ1) is 14.8. The predicted molar refractivity (Wildman–Crippen MR) is 79.1 cm³/mol. The van der Waals surface area contributed by atoms with Gasteiger partial charge >= 0.3 is 0 Å². The minimum atomic E-state index is -0.227. The predicted octanol–water partition coefficient (Wildman–Crippen LogP) is 1.16. The topological polar surface area (TPSA) is 95.1 Å². The lowest BCUT2D eigenvalue weighted by Crippen LogP contribution is -2.28. The lowest BCUT2D eigenvalue weighted by atomic mass is 10.3. The Labute approximate surface area is 132 Å². The summed E-state index contributed by atoms with van der Waals surface area (Å²) in [5, 5.41) is 14.5. The van der Waals surface area contributed by atoms with Crippen molar-refractivity contribution in [1.82, 2.24) is 25.5 Å². The van der Waals surface area contributed by atoms with Crippen molar-refractivity contribution in [2.24, 2.45) is 0 Å². The Balaban J connectivity index is 1.46. The summed E-state index contributed by atoms with van der Waals surface area (Å²) in [5.41, 5.74) is 0. The van der Waals surface area contributed by atoms with E-state index in [-0.39, 0.29) is 19.1 Å². The van der Waals surface area contributed by atoms with Crippen molar-refractivity contribution in [3.63, 3.8) is 0 Å². The van der Waals surface area contributed by atoms with Gasteiger partial charge in [-0.2, -0.15) is 4.80 Å². The minimum Gasteiger partial charge on any atom is -0.485 e. The highest BCUT2D eigenvalue weighted by molar-refractivity contribution is 5.75. The fourth-order valence-electron chi connectivity index (χ4n) is 1.85. The van der Waals surface area contributed by atoms with Gasteiger partial charge in [0, 0.05) is 0 Å². The SMILES string of the molecule is O=C(Cn1nnc(COc2ccccc2)n1)NCc1ccco1. The van der Waals surface area contributed by atoms with Gasteiger partial charge in [0.25, 0.3) is 0 Å². The highest BCUT2D eigenvalue weighted by Crippen LogP contribution is 2.09. The summed E-state index contributed by atoms with van der Waals surface area (Å²) in [6.45, 7) is 0.502. The Morgan fingerprint density at radius 2 is 2.09 bits per heavy atom.